The Hall–Kier alpha value is -6.28. The van der Waals surface area contributed by atoms with E-state index < -0.39 is 70.5 Å². The summed E-state index contributed by atoms with van der Waals surface area (Å²) in [4.78, 5) is 25.0. The van der Waals surface area contributed by atoms with Crippen molar-refractivity contribution < 1.29 is 80.9 Å². The van der Waals surface area contributed by atoms with Crippen LogP contribution < -0.4 is 9.47 Å². The lowest BCUT2D eigenvalue weighted by Gasteiger charge is -2.47. The van der Waals surface area contributed by atoms with Crippen molar-refractivity contribution in [3.63, 3.8) is 0 Å². The first-order valence-corrected chi connectivity index (χ1v) is 32.2. The summed E-state index contributed by atoms with van der Waals surface area (Å²) >= 11 is 0. The molecular formula is C70H92N2O19. The number of rotatable bonds is 44. The number of nitro benzene ring substituents is 2. The fourth-order valence-electron chi connectivity index (χ4n) is 11.8. The zero-order valence-electron chi connectivity index (χ0n) is 53.1. The lowest BCUT2D eigenvalue weighted by molar-refractivity contribution is -0.385. The molecule has 2 aliphatic rings. The van der Waals surface area contributed by atoms with E-state index in [0.29, 0.717) is 115 Å². The minimum absolute atomic E-state index is 0.155. The van der Waals surface area contributed by atoms with Crippen molar-refractivity contribution >= 4 is 32.9 Å². The van der Waals surface area contributed by atoms with Gasteiger partial charge in [0.05, 0.1) is 152 Å². The molecule has 496 valence electrons. The van der Waals surface area contributed by atoms with Crippen molar-refractivity contribution in [2.45, 2.75) is 102 Å². The first-order valence-electron chi connectivity index (χ1n) is 32.2. The van der Waals surface area contributed by atoms with Crippen molar-refractivity contribution in [3.8, 4) is 11.5 Å². The van der Waals surface area contributed by atoms with Crippen molar-refractivity contribution in [1.82, 2.24) is 0 Å². The van der Waals surface area contributed by atoms with Gasteiger partial charge in [0, 0.05) is 75.4 Å². The molecule has 0 radical (unpaired) electrons. The highest BCUT2D eigenvalue weighted by Crippen LogP contribution is 2.49. The number of nitrogens with zero attached hydrogens (tertiary/aromatic N) is 2. The molecule has 2 saturated carbocycles. The number of non-ortho nitro benzene ring substituents is 2. The summed E-state index contributed by atoms with van der Waals surface area (Å²) in [7, 11) is 0. The van der Waals surface area contributed by atoms with Gasteiger partial charge in [0.2, 0.25) is 0 Å². The third-order valence-electron chi connectivity index (χ3n) is 16.2. The third-order valence-corrected chi connectivity index (χ3v) is 16.2. The van der Waals surface area contributed by atoms with Crippen LogP contribution in [0.5, 0.6) is 11.5 Å². The van der Waals surface area contributed by atoms with Crippen LogP contribution in [0.15, 0.2) is 133 Å². The van der Waals surface area contributed by atoms with E-state index in [2.05, 4.69) is 0 Å². The zero-order chi connectivity index (χ0) is 63.8. The molecule has 0 spiro atoms. The smallest absolute Gasteiger partial charge is 0.269 e. The molecule has 10 unspecified atom stereocenters. The van der Waals surface area contributed by atoms with Gasteiger partial charge in [-0.15, -0.1) is 0 Å². The predicted octanol–water partition coefficient (Wildman–Crippen LogP) is 12.1. The van der Waals surface area contributed by atoms with E-state index in [0.717, 1.165) is 21.5 Å². The van der Waals surface area contributed by atoms with Crippen molar-refractivity contribution in [1.29, 1.82) is 0 Å². The topological polar surface area (TPSA) is 225 Å². The first-order chi connectivity index (χ1) is 44.7. The summed E-state index contributed by atoms with van der Waals surface area (Å²) in [6, 6.07) is 40.8. The van der Waals surface area contributed by atoms with Crippen molar-refractivity contribution in [2.24, 2.45) is 11.8 Å². The van der Waals surface area contributed by atoms with Crippen molar-refractivity contribution in [3.05, 3.63) is 165 Å². The van der Waals surface area contributed by atoms with E-state index in [1.54, 1.807) is 12.1 Å². The largest absolute Gasteiger partial charge is 0.490 e. The van der Waals surface area contributed by atoms with Crippen LogP contribution in [0, 0.1) is 32.1 Å². The van der Waals surface area contributed by atoms with Crippen LogP contribution in [0.1, 0.15) is 76.7 Å². The van der Waals surface area contributed by atoms with Crippen LogP contribution in [0.25, 0.3) is 21.5 Å². The Balaban J connectivity index is 1.24. The molecule has 0 amide bonds. The predicted molar refractivity (Wildman–Crippen MR) is 343 cm³/mol. The van der Waals surface area contributed by atoms with Gasteiger partial charge in [-0.1, -0.05) is 84.9 Å². The second-order valence-corrected chi connectivity index (χ2v) is 22.2. The van der Waals surface area contributed by atoms with Crippen LogP contribution in [0.2, 0.25) is 0 Å². The molecule has 0 aromatic heterocycles. The molecule has 0 bridgehead atoms. The molecule has 10 atom stereocenters. The zero-order valence-corrected chi connectivity index (χ0v) is 53.1. The minimum Gasteiger partial charge on any atom is -0.490 e. The number of hydrogen-bond acceptors (Lipinski definition) is 19. The standard InChI is InChI=1S/C70H92N2O19/c1-5-77-27-31-81-35-39-85-65-47-61(63(49-67(65)87-41-37-83-33-29-79-7-3)89-59-25-23-51-15-9-11-17-53(51)45-59)69(55-19-13-21-57(43-55)71(73)74)91-70(56-20-14-22-58(44-56)72(75)76)62-48-66(86-40-36-82-32-28-78-6-2)68(88-42-38-84-34-30-80-8-4)50-64(62)90-60-26-24-52-16-10-12-18-54(52)46-60/h9-26,43-46,61-70H,5-8,27-42,47-50H2,1-4H3. The molecule has 91 heavy (non-hydrogen) atoms. The van der Waals surface area contributed by atoms with Gasteiger partial charge in [0.15, 0.2) is 0 Å². The Morgan fingerprint density at radius 1 is 0.352 bits per heavy atom. The Morgan fingerprint density at radius 3 is 1.01 bits per heavy atom. The molecular weight excluding hydrogens is 1170 g/mol. The SMILES string of the molecule is CCOCCOCCOC1CC(Oc2ccc3ccccc3c2)C(C(OC(c2cccc([N+](=O)[O-])c2)C2CC(OCCOCCOCC)C(OCCOCCOCC)CC2Oc2ccc3ccccc3c2)c2cccc([N+](=O)[O-])c2)CC1OCCOCCOCC. The van der Waals surface area contributed by atoms with Crippen LogP contribution in [-0.2, 0) is 61.6 Å². The van der Waals surface area contributed by atoms with Crippen LogP contribution >= 0.6 is 0 Å². The summed E-state index contributed by atoms with van der Waals surface area (Å²) in [6.07, 6.45) is -4.56. The summed E-state index contributed by atoms with van der Waals surface area (Å²) in [5.74, 6) is -0.0935. The Kier molecular flexibility index (Phi) is 30.5. The highest BCUT2D eigenvalue weighted by atomic mass is 16.6. The maximum absolute atomic E-state index is 12.9. The molecule has 6 aromatic carbocycles. The molecule has 0 aliphatic heterocycles. The maximum Gasteiger partial charge on any atom is 0.269 e. The van der Waals surface area contributed by atoms with Gasteiger partial charge in [0.1, 0.15) is 23.7 Å². The van der Waals surface area contributed by atoms with Crippen LogP contribution in [0.3, 0.4) is 0 Å². The van der Waals surface area contributed by atoms with E-state index in [9.17, 15) is 20.2 Å². The lowest BCUT2D eigenvalue weighted by atomic mass is 9.75. The summed E-state index contributed by atoms with van der Waals surface area (Å²) < 4.78 is 95.6. The van der Waals surface area contributed by atoms with E-state index in [-0.39, 0.29) is 76.7 Å². The molecule has 8 rings (SSSR count). The number of nitro groups is 2. The highest BCUT2D eigenvalue weighted by Gasteiger charge is 2.49. The normalized spacial score (nSPS) is 20.8. The molecule has 21 nitrogen and oxygen atoms in total. The molecule has 0 saturated heterocycles. The Labute approximate surface area is 534 Å². The second kappa shape index (κ2) is 39.3. The third kappa shape index (κ3) is 22.5. The van der Waals surface area contributed by atoms with Gasteiger partial charge < -0.3 is 71.1 Å². The average Bonchev–Trinajstić information content (AvgIpc) is 0.838. The van der Waals surface area contributed by atoms with Gasteiger partial charge in [-0.2, -0.15) is 0 Å². The number of benzene rings is 6. The molecule has 0 N–H and O–H groups in total. The first kappa shape index (κ1) is 70.6. The maximum atomic E-state index is 12.9. The Bertz CT molecular complexity index is 2860. The average molecular weight is 1270 g/mol. The summed E-state index contributed by atoms with van der Waals surface area (Å²) in [5, 5.41) is 29.8. The fourth-order valence-corrected chi connectivity index (χ4v) is 11.8. The van der Waals surface area contributed by atoms with Crippen molar-refractivity contribution in [2.75, 3.05) is 132 Å². The fraction of sp³-hybridized carbons (Fsp3) is 0.543. The van der Waals surface area contributed by atoms with Gasteiger partial charge in [-0.25, -0.2) is 0 Å². The van der Waals surface area contributed by atoms with E-state index in [4.69, 9.17) is 71.1 Å². The van der Waals surface area contributed by atoms with E-state index >= 15 is 0 Å². The molecule has 21 heteroatoms. The van der Waals surface area contributed by atoms with Gasteiger partial charge in [-0.3, -0.25) is 20.2 Å². The Morgan fingerprint density at radius 2 is 0.670 bits per heavy atom. The number of hydrogen-bond donors (Lipinski definition) is 0. The number of fused-ring (bicyclic) bond motifs is 2. The van der Waals surface area contributed by atoms with Crippen LogP contribution in [-0.4, -0.2) is 179 Å². The quantitative estimate of drug-likeness (QED) is 0.0197. The summed E-state index contributed by atoms with van der Waals surface area (Å²) in [6.45, 7) is 15.4. The highest BCUT2D eigenvalue weighted by molar-refractivity contribution is 5.84. The molecule has 2 fully saturated rings. The van der Waals surface area contributed by atoms with E-state index in [1.165, 1.54) is 24.3 Å². The van der Waals surface area contributed by atoms with Gasteiger partial charge >= 0.3 is 0 Å². The van der Waals surface area contributed by atoms with E-state index in [1.807, 2.05) is 125 Å². The van der Waals surface area contributed by atoms with Gasteiger partial charge in [-0.05, 0) is 97.5 Å². The monoisotopic (exact) mass is 1260 g/mol. The van der Waals surface area contributed by atoms with Crippen LogP contribution in [0.4, 0.5) is 11.4 Å². The second-order valence-electron chi connectivity index (χ2n) is 22.2. The molecule has 0 heterocycles. The minimum atomic E-state index is -1.02. The summed E-state index contributed by atoms with van der Waals surface area (Å²) in [5.41, 5.74) is 0.647. The lowest BCUT2D eigenvalue weighted by Crippen LogP contribution is -2.51. The van der Waals surface area contributed by atoms with Gasteiger partial charge in [0.25, 0.3) is 11.4 Å². The number of ether oxygens (including phenoxy) is 15. The molecule has 6 aromatic rings. The molecule has 2 aliphatic carbocycles.